The standard InChI is InChI=1S/C75H90/c1-66(2,3)56-41-31-32-43-58(68(7,8)9)52-60(70(13,14)15)45-35-36-47-62(72(19,20)21)54-64(74(25,26)27)49-39-40-50-65(75(28,29)30)55-63(73(22,23)24)48-38-37-46-61(71(16,17)18)53-59(69(10,11)12)44-34-33-42-57(51-56)67(4,5)6/h1-30H3. The molecule has 390 valence electrons. The van der Waals surface area contributed by atoms with Gasteiger partial charge in [0, 0.05) is 54.1 Å². The number of hydrogen-bond donors (Lipinski definition) is 0. The molecular formula is C75H90. The Labute approximate surface area is 462 Å². The molecule has 0 fully saturated rings. The van der Waals surface area contributed by atoms with Crippen molar-refractivity contribution in [2.75, 3.05) is 0 Å². The molecule has 0 heteroatoms. The fraction of sp³-hybridized carbons (Fsp3) is 0.533. The number of rotatable bonds is 0. The van der Waals surface area contributed by atoms with Crippen molar-refractivity contribution in [3.8, 4) is 118 Å². The van der Waals surface area contributed by atoms with E-state index in [1.807, 2.05) is 0 Å². The van der Waals surface area contributed by atoms with Crippen LogP contribution in [0, 0.1) is 173 Å². The van der Waals surface area contributed by atoms with Crippen LogP contribution in [0.2, 0.25) is 0 Å². The van der Waals surface area contributed by atoms with Crippen molar-refractivity contribution in [2.24, 2.45) is 54.1 Å². The lowest BCUT2D eigenvalue weighted by Gasteiger charge is -2.20. The van der Waals surface area contributed by atoms with Crippen LogP contribution in [0.25, 0.3) is 0 Å². The van der Waals surface area contributed by atoms with Gasteiger partial charge in [-0.05, 0) is 118 Å². The average molecular weight is 992 g/mol. The molecule has 0 aromatic rings. The van der Waals surface area contributed by atoms with Crippen LogP contribution in [-0.2, 0) is 0 Å². The number of allylic oxidation sites excluding steroid dienone is 5. The molecule has 0 saturated carbocycles. The van der Waals surface area contributed by atoms with Gasteiger partial charge in [0.1, 0.15) is 0 Å². The summed E-state index contributed by atoms with van der Waals surface area (Å²) in [6, 6.07) is 0. The van der Waals surface area contributed by atoms with Gasteiger partial charge in [-0.2, -0.15) is 0 Å². The van der Waals surface area contributed by atoms with Crippen molar-refractivity contribution in [3.63, 3.8) is 0 Å². The average Bonchev–Trinajstić information content (AvgIpc) is 3.17. The summed E-state index contributed by atoms with van der Waals surface area (Å²) in [5, 5.41) is 0. The van der Waals surface area contributed by atoms with Gasteiger partial charge in [-0.3, -0.25) is 0 Å². The summed E-state index contributed by atoms with van der Waals surface area (Å²) in [4.78, 5) is 0. The normalized spacial score (nSPS) is 15.1. The van der Waals surface area contributed by atoms with Crippen LogP contribution in [0.5, 0.6) is 0 Å². The van der Waals surface area contributed by atoms with E-state index < -0.39 is 0 Å². The second-order valence-corrected chi connectivity index (χ2v) is 29.4. The molecule has 0 atom stereocenters. The van der Waals surface area contributed by atoms with Gasteiger partial charge in [0.2, 0.25) is 0 Å². The predicted octanol–water partition coefficient (Wildman–Crippen LogP) is 17.8. The quantitative estimate of drug-likeness (QED) is 0.168. The molecule has 0 N–H and O–H groups in total. The molecule has 0 amide bonds. The Balaban J connectivity index is 5.15. The topological polar surface area (TPSA) is 0 Å². The molecule has 0 saturated heterocycles. The summed E-state index contributed by atoms with van der Waals surface area (Å²) < 4.78 is 0. The van der Waals surface area contributed by atoms with Gasteiger partial charge in [0.25, 0.3) is 0 Å². The molecule has 0 unspecified atom stereocenters. The molecule has 0 aromatic carbocycles. The Morgan fingerprint density at radius 3 is 0.253 bits per heavy atom. The first-order valence-electron chi connectivity index (χ1n) is 26.2. The highest BCUT2D eigenvalue weighted by atomic mass is 14.3. The SMILES string of the molecule is CC(C)(C)C1=C=C(C(C)(C)C)C#CC#CC(C(C)(C)C)=C=C(C(C)(C)C)C#CC#CC(C(C)(C)C)=C=C(C(C)(C)C)C#CC#CC(C(C)(C)C)=C=C(C(C)(C)C)C#CC#CC(C(C)(C)C)=C=C(C(C)(C)C)C#CC#C1. The lowest BCUT2D eigenvalue weighted by molar-refractivity contribution is 0.508. The molecule has 1 aliphatic rings. The van der Waals surface area contributed by atoms with Gasteiger partial charge >= 0.3 is 0 Å². The summed E-state index contributed by atoms with van der Waals surface area (Å²) in [6.07, 6.45) is 0. The minimum Gasteiger partial charge on any atom is -0.0944 e. The van der Waals surface area contributed by atoms with Crippen LogP contribution in [0.15, 0.2) is 84.4 Å². The maximum atomic E-state index is 3.62. The monoisotopic (exact) mass is 991 g/mol. The zero-order chi connectivity index (χ0) is 58.5. The van der Waals surface area contributed by atoms with Gasteiger partial charge in [-0.15, -0.1) is 0 Å². The lowest BCUT2D eigenvalue weighted by Crippen LogP contribution is -2.11. The molecule has 75 heavy (non-hydrogen) atoms. The first kappa shape index (κ1) is 66.2. The fourth-order valence-corrected chi connectivity index (χ4v) is 5.62. The first-order chi connectivity index (χ1) is 33.6. The predicted molar refractivity (Wildman–Crippen MR) is 325 cm³/mol. The van der Waals surface area contributed by atoms with E-state index in [0.717, 1.165) is 55.7 Å². The minimum absolute atomic E-state index is 0.335. The Morgan fingerprint density at radius 1 is 0.133 bits per heavy atom. The molecular weight excluding hydrogens is 901 g/mol. The third kappa shape index (κ3) is 24.4. The molecule has 0 bridgehead atoms. The summed E-state index contributed by atoms with van der Waals surface area (Å²) in [5.74, 6) is 65.1. The molecule has 0 radical (unpaired) electrons. The smallest absolute Gasteiger partial charge is 0.0511 e. The largest absolute Gasteiger partial charge is 0.0944 e. The van der Waals surface area contributed by atoms with Crippen molar-refractivity contribution in [1.29, 1.82) is 0 Å². The molecule has 0 spiro atoms. The van der Waals surface area contributed by atoms with E-state index in [1.165, 1.54) is 0 Å². The van der Waals surface area contributed by atoms with Crippen LogP contribution >= 0.6 is 0 Å². The second kappa shape index (κ2) is 25.2. The maximum Gasteiger partial charge on any atom is 0.0511 e. The van der Waals surface area contributed by atoms with Gasteiger partial charge < -0.3 is 0 Å². The van der Waals surface area contributed by atoms with Gasteiger partial charge in [-0.1, -0.05) is 236 Å². The Hall–Kier alpha value is -6.80. The van der Waals surface area contributed by atoms with Crippen molar-refractivity contribution >= 4 is 0 Å². The second-order valence-electron chi connectivity index (χ2n) is 29.4. The van der Waals surface area contributed by atoms with Crippen molar-refractivity contribution in [1.82, 2.24) is 0 Å². The fourth-order valence-electron chi connectivity index (χ4n) is 5.62. The Kier molecular flexibility index (Phi) is 22.2. The molecule has 0 aliphatic heterocycles. The number of hydrogen-bond acceptors (Lipinski definition) is 0. The van der Waals surface area contributed by atoms with Crippen LogP contribution in [0.1, 0.15) is 208 Å². The molecule has 0 nitrogen and oxygen atoms in total. The molecule has 1 rings (SSSR count). The summed E-state index contributed by atoms with van der Waals surface area (Å²) >= 11 is 0. The zero-order valence-electron chi connectivity index (χ0n) is 52.5. The highest BCUT2D eigenvalue weighted by molar-refractivity contribution is 5.53. The van der Waals surface area contributed by atoms with Crippen molar-refractivity contribution in [3.05, 3.63) is 84.4 Å². The van der Waals surface area contributed by atoms with Crippen LogP contribution in [-0.4, -0.2) is 0 Å². The minimum atomic E-state index is -0.335. The Morgan fingerprint density at radius 2 is 0.200 bits per heavy atom. The molecule has 0 heterocycles. The maximum absolute atomic E-state index is 3.62. The van der Waals surface area contributed by atoms with Crippen LogP contribution in [0.3, 0.4) is 0 Å². The van der Waals surface area contributed by atoms with Crippen LogP contribution in [0.4, 0.5) is 0 Å². The third-order valence-electron chi connectivity index (χ3n) is 10.9. The van der Waals surface area contributed by atoms with E-state index in [-0.39, 0.29) is 54.1 Å². The Bertz CT molecular complexity index is 2550. The van der Waals surface area contributed by atoms with Gasteiger partial charge in [-0.25, -0.2) is 0 Å². The summed E-state index contributed by atoms with van der Waals surface area (Å²) in [6.45, 7) is 63.8. The van der Waals surface area contributed by atoms with Crippen molar-refractivity contribution in [2.45, 2.75) is 208 Å². The molecule has 1 aliphatic carbocycles. The van der Waals surface area contributed by atoms with E-state index in [0.29, 0.717) is 0 Å². The van der Waals surface area contributed by atoms with Crippen molar-refractivity contribution < 1.29 is 0 Å². The first-order valence-corrected chi connectivity index (χ1v) is 26.2. The lowest BCUT2D eigenvalue weighted by atomic mass is 9.82. The molecule has 0 aromatic heterocycles. The van der Waals surface area contributed by atoms with Gasteiger partial charge in [0.15, 0.2) is 0 Å². The van der Waals surface area contributed by atoms with E-state index in [2.05, 4.69) is 355 Å². The summed E-state index contributed by atoms with van der Waals surface area (Å²) in [7, 11) is 0. The third-order valence-corrected chi connectivity index (χ3v) is 10.9. The van der Waals surface area contributed by atoms with E-state index in [1.54, 1.807) is 0 Å². The van der Waals surface area contributed by atoms with E-state index in [9.17, 15) is 0 Å². The highest BCUT2D eigenvalue weighted by Gasteiger charge is 2.25. The summed E-state index contributed by atoms with van der Waals surface area (Å²) in [5.41, 5.74) is 22.7. The van der Waals surface area contributed by atoms with Crippen LogP contribution < -0.4 is 0 Å². The zero-order valence-corrected chi connectivity index (χ0v) is 52.5. The van der Waals surface area contributed by atoms with E-state index >= 15 is 0 Å². The highest BCUT2D eigenvalue weighted by Crippen LogP contribution is 2.34. The van der Waals surface area contributed by atoms with Gasteiger partial charge in [0.05, 0.1) is 55.7 Å². The van der Waals surface area contributed by atoms with E-state index in [4.69, 9.17) is 0 Å².